The van der Waals surface area contributed by atoms with Crippen molar-refractivity contribution in [2.45, 2.75) is 58.9 Å². The van der Waals surface area contributed by atoms with Crippen molar-refractivity contribution in [3.8, 4) is 0 Å². The molecule has 0 spiro atoms. The first-order valence-corrected chi connectivity index (χ1v) is 12.5. The third-order valence-corrected chi connectivity index (χ3v) is 9.78. The van der Waals surface area contributed by atoms with Crippen LogP contribution in [0.2, 0.25) is 18.1 Å². The molecule has 0 rings (SSSR count). The summed E-state index contributed by atoms with van der Waals surface area (Å²) < 4.78 is 16.4. The Morgan fingerprint density at radius 2 is 1.77 bits per heavy atom. The van der Waals surface area contributed by atoms with Gasteiger partial charge in [-0.15, -0.1) is 0 Å². The third-order valence-electron chi connectivity index (χ3n) is 4.21. The molecule has 150 valence electrons. The molecule has 6 nitrogen and oxygen atoms in total. The van der Waals surface area contributed by atoms with E-state index in [-0.39, 0.29) is 23.4 Å². The SMILES string of the molecule is C=CCOC(=O)C(CO[Si](C)(C)C(C)(C)C)OC(=O)[C@H](C)CSC(C)=O. The molecule has 0 heterocycles. The predicted molar refractivity (Wildman–Crippen MR) is 106 cm³/mol. The average Bonchev–Trinajstić information content (AvgIpc) is 2.52. The van der Waals surface area contributed by atoms with E-state index in [1.807, 2.05) is 13.1 Å². The summed E-state index contributed by atoms with van der Waals surface area (Å²) >= 11 is 1.04. The van der Waals surface area contributed by atoms with Gasteiger partial charge in [0.15, 0.2) is 13.4 Å². The maximum absolute atomic E-state index is 12.2. The summed E-state index contributed by atoms with van der Waals surface area (Å²) in [5.41, 5.74) is 0. The van der Waals surface area contributed by atoms with E-state index in [1.54, 1.807) is 6.92 Å². The molecule has 0 saturated carbocycles. The Balaban J connectivity index is 5.00. The maximum atomic E-state index is 12.2. The van der Waals surface area contributed by atoms with Crippen molar-refractivity contribution >= 4 is 37.1 Å². The van der Waals surface area contributed by atoms with Crippen LogP contribution in [0, 0.1) is 5.92 Å². The highest BCUT2D eigenvalue weighted by atomic mass is 32.2. The van der Waals surface area contributed by atoms with Gasteiger partial charge >= 0.3 is 11.9 Å². The molecule has 0 amide bonds. The highest BCUT2D eigenvalue weighted by Crippen LogP contribution is 2.36. The molecule has 0 aromatic heterocycles. The van der Waals surface area contributed by atoms with Crippen LogP contribution in [0.4, 0.5) is 0 Å². The highest BCUT2D eigenvalue weighted by molar-refractivity contribution is 8.13. The molecule has 0 radical (unpaired) electrons. The first-order chi connectivity index (χ1) is 11.8. The van der Waals surface area contributed by atoms with Crippen molar-refractivity contribution in [3.63, 3.8) is 0 Å². The van der Waals surface area contributed by atoms with Crippen LogP contribution in [0.15, 0.2) is 12.7 Å². The number of ether oxygens (including phenoxy) is 2. The summed E-state index contributed by atoms with van der Waals surface area (Å²) in [6, 6.07) is 0. The molecule has 8 heteroatoms. The number of carbonyl (C=O) groups excluding carboxylic acids is 3. The monoisotopic (exact) mass is 404 g/mol. The van der Waals surface area contributed by atoms with Gasteiger partial charge in [0.2, 0.25) is 6.10 Å². The van der Waals surface area contributed by atoms with E-state index in [4.69, 9.17) is 13.9 Å². The third kappa shape index (κ3) is 9.00. The van der Waals surface area contributed by atoms with Crippen LogP contribution in [0.25, 0.3) is 0 Å². The fourth-order valence-corrected chi connectivity index (χ4v) is 3.07. The normalized spacial score (nSPS) is 14.3. The summed E-state index contributed by atoms with van der Waals surface area (Å²) in [7, 11) is -2.12. The van der Waals surface area contributed by atoms with Crippen LogP contribution in [0.3, 0.4) is 0 Å². The molecule has 2 atom stereocenters. The van der Waals surface area contributed by atoms with Gasteiger partial charge < -0.3 is 13.9 Å². The number of hydrogen-bond donors (Lipinski definition) is 0. The first-order valence-electron chi connectivity index (χ1n) is 8.57. The summed E-state index contributed by atoms with van der Waals surface area (Å²) in [4.78, 5) is 35.5. The Hall–Kier alpha value is -1.12. The number of rotatable bonds is 10. The second-order valence-electron chi connectivity index (χ2n) is 7.62. The van der Waals surface area contributed by atoms with Gasteiger partial charge in [-0.2, -0.15) is 0 Å². The van der Waals surface area contributed by atoms with Crippen molar-refractivity contribution in [2.24, 2.45) is 5.92 Å². The fourth-order valence-electron chi connectivity index (χ4n) is 1.45. The van der Waals surface area contributed by atoms with Gasteiger partial charge in [-0.05, 0) is 18.1 Å². The molecule has 0 saturated heterocycles. The number of hydrogen-bond acceptors (Lipinski definition) is 7. The van der Waals surface area contributed by atoms with E-state index in [9.17, 15) is 14.4 Å². The summed E-state index contributed by atoms with van der Waals surface area (Å²) in [5, 5.41) is -0.120. The lowest BCUT2D eigenvalue weighted by molar-refractivity contribution is -0.171. The zero-order valence-corrected chi connectivity index (χ0v) is 18.7. The largest absolute Gasteiger partial charge is 0.459 e. The Labute approximate surface area is 162 Å². The highest BCUT2D eigenvalue weighted by Gasteiger charge is 2.39. The molecule has 1 unspecified atom stereocenters. The first kappa shape index (κ1) is 24.9. The molecule has 0 aromatic rings. The van der Waals surface area contributed by atoms with Crippen LogP contribution in [0.1, 0.15) is 34.6 Å². The van der Waals surface area contributed by atoms with Crippen molar-refractivity contribution in [1.82, 2.24) is 0 Å². The zero-order valence-electron chi connectivity index (χ0n) is 16.9. The maximum Gasteiger partial charge on any atom is 0.350 e. The van der Waals surface area contributed by atoms with Crippen LogP contribution >= 0.6 is 11.8 Å². The van der Waals surface area contributed by atoms with Gasteiger partial charge in [0, 0.05) is 12.7 Å². The molecular formula is C18H32O6SSi. The van der Waals surface area contributed by atoms with Crippen LogP contribution < -0.4 is 0 Å². The molecule has 0 fully saturated rings. The Kier molecular flexibility index (Phi) is 10.4. The van der Waals surface area contributed by atoms with Gasteiger partial charge in [-0.3, -0.25) is 9.59 Å². The summed E-state index contributed by atoms with van der Waals surface area (Å²) in [5.74, 6) is -1.45. The van der Waals surface area contributed by atoms with Crippen LogP contribution in [0.5, 0.6) is 0 Å². The van der Waals surface area contributed by atoms with Gasteiger partial charge in [0.1, 0.15) is 6.61 Å². The van der Waals surface area contributed by atoms with E-state index in [0.717, 1.165) is 11.8 Å². The van der Waals surface area contributed by atoms with Crippen LogP contribution in [-0.4, -0.2) is 50.4 Å². The second kappa shape index (κ2) is 10.9. The molecule has 0 N–H and O–H groups in total. The van der Waals surface area contributed by atoms with Crippen molar-refractivity contribution < 1.29 is 28.3 Å². The summed E-state index contributed by atoms with van der Waals surface area (Å²) in [6.45, 7) is 16.9. The number of carbonyl (C=O) groups is 3. The Bertz CT molecular complexity index is 512. The van der Waals surface area contributed by atoms with Crippen molar-refractivity contribution in [1.29, 1.82) is 0 Å². The molecule has 0 aromatic carbocycles. The minimum absolute atomic E-state index is 0.0305. The van der Waals surface area contributed by atoms with E-state index in [2.05, 4.69) is 27.4 Å². The average molecular weight is 405 g/mol. The van der Waals surface area contributed by atoms with Gasteiger partial charge in [-0.25, -0.2) is 4.79 Å². The zero-order chi connectivity index (χ0) is 20.5. The molecule has 0 aliphatic rings. The van der Waals surface area contributed by atoms with E-state index in [0.29, 0.717) is 5.75 Å². The van der Waals surface area contributed by atoms with Gasteiger partial charge in [0.05, 0.1) is 12.5 Å². The minimum atomic E-state index is -2.12. The number of esters is 2. The van der Waals surface area contributed by atoms with E-state index < -0.39 is 32.3 Å². The fraction of sp³-hybridized carbons (Fsp3) is 0.722. The lowest BCUT2D eigenvalue weighted by Gasteiger charge is -2.36. The number of thioether (sulfide) groups is 1. The molecule has 0 bridgehead atoms. The standard InChI is InChI=1S/C18H32O6SSi/c1-9-10-22-17(21)15(11-23-26(7,8)18(4,5)6)24-16(20)13(2)12-25-14(3)19/h9,13,15H,1,10-12H2,2-8H3/t13-,15?/m1/s1. The quantitative estimate of drug-likeness (QED) is 0.313. The summed E-state index contributed by atoms with van der Waals surface area (Å²) in [6.07, 6.45) is 0.304. The van der Waals surface area contributed by atoms with E-state index in [1.165, 1.54) is 13.0 Å². The van der Waals surface area contributed by atoms with Crippen molar-refractivity contribution in [3.05, 3.63) is 12.7 Å². The predicted octanol–water partition coefficient (Wildman–Crippen LogP) is 3.57. The smallest absolute Gasteiger partial charge is 0.350 e. The van der Waals surface area contributed by atoms with Crippen LogP contribution in [-0.2, 0) is 28.3 Å². The minimum Gasteiger partial charge on any atom is -0.459 e. The Morgan fingerprint density at radius 1 is 1.19 bits per heavy atom. The molecular weight excluding hydrogens is 372 g/mol. The Morgan fingerprint density at radius 3 is 2.23 bits per heavy atom. The second-order valence-corrected chi connectivity index (χ2v) is 13.6. The lowest BCUT2D eigenvalue weighted by atomic mass is 10.2. The lowest BCUT2D eigenvalue weighted by Crippen LogP contribution is -2.45. The molecule has 0 aliphatic heterocycles. The van der Waals surface area contributed by atoms with E-state index >= 15 is 0 Å². The van der Waals surface area contributed by atoms with Crippen molar-refractivity contribution in [2.75, 3.05) is 19.0 Å². The molecule has 26 heavy (non-hydrogen) atoms. The van der Waals surface area contributed by atoms with Gasteiger partial charge in [-0.1, -0.05) is 52.1 Å². The topological polar surface area (TPSA) is 78.9 Å². The van der Waals surface area contributed by atoms with Gasteiger partial charge in [0.25, 0.3) is 0 Å². The molecule has 0 aliphatic carbocycles.